The molecule has 114 valence electrons. The molecule has 0 aromatic carbocycles. The van der Waals surface area contributed by atoms with E-state index in [4.69, 9.17) is 10.2 Å². The molecule has 0 bridgehead atoms. The summed E-state index contributed by atoms with van der Waals surface area (Å²) in [6.07, 6.45) is 2.53. The third-order valence-electron chi connectivity index (χ3n) is 3.42. The van der Waals surface area contributed by atoms with Gasteiger partial charge in [0.15, 0.2) is 0 Å². The quantitative estimate of drug-likeness (QED) is 0.650. The van der Waals surface area contributed by atoms with E-state index in [-0.39, 0.29) is 17.9 Å². The molecule has 0 saturated heterocycles. The number of aliphatic hydroxyl groups is 1. The number of pyridine rings is 1. The number of hydrogen-bond acceptors (Lipinski definition) is 4. The Morgan fingerprint density at radius 1 is 1.36 bits per heavy atom. The Bertz CT molecular complexity index is 655. The minimum atomic E-state index is -1.86. The van der Waals surface area contributed by atoms with Crippen molar-refractivity contribution < 1.29 is 19.8 Å². The summed E-state index contributed by atoms with van der Waals surface area (Å²) < 4.78 is 5.30. The molecular formula is C15H17InN2O4. The first-order valence-electron chi connectivity index (χ1n) is 6.99. The number of carboxylic acid groups (broad SMARTS) is 1. The zero-order chi connectivity index (χ0) is 16.1. The zero-order valence-corrected chi connectivity index (χ0v) is 15.5. The maximum atomic E-state index is 11.7. The normalized spacial score (nSPS) is 13.2. The molecule has 1 aromatic heterocycles. The summed E-state index contributed by atoms with van der Waals surface area (Å²) in [4.78, 5) is 27.1. The molecule has 6 nitrogen and oxygen atoms in total. The second-order valence-corrected chi connectivity index (χ2v) is 12.6. The Kier molecular flexibility index (Phi) is 5.79. The van der Waals surface area contributed by atoms with Crippen LogP contribution in [0.3, 0.4) is 0 Å². The Morgan fingerprint density at radius 2 is 2.14 bits per heavy atom. The van der Waals surface area contributed by atoms with Gasteiger partial charge in [-0.15, -0.1) is 0 Å². The molecule has 1 amide bonds. The van der Waals surface area contributed by atoms with Gasteiger partial charge in [0, 0.05) is 0 Å². The van der Waals surface area contributed by atoms with Gasteiger partial charge in [-0.25, -0.2) is 0 Å². The van der Waals surface area contributed by atoms with Gasteiger partial charge in [0.1, 0.15) is 0 Å². The van der Waals surface area contributed by atoms with Gasteiger partial charge >= 0.3 is 136 Å². The molecule has 7 heteroatoms. The van der Waals surface area contributed by atoms with Gasteiger partial charge < -0.3 is 0 Å². The first kappa shape index (κ1) is 16.8. The Hall–Kier alpha value is -1.60. The fourth-order valence-corrected chi connectivity index (χ4v) is 8.16. The van der Waals surface area contributed by atoms with Gasteiger partial charge in [-0.2, -0.15) is 0 Å². The first-order chi connectivity index (χ1) is 10.5. The van der Waals surface area contributed by atoms with E-state index < -0.39 is 33.3 Å². The summed E-state index contributed by atoms with van der Waals surface area (Å²) in [5.41, 5.74) is 1.81. The Balaban J connectivity index is 2.25. The number of aromatic nitrogens is 1. The van der Waals surface area contributed by atoms with Crippen LogP contribution >= 0.6 is 0 Å². The molecule has 22 heavy (non-hydrogen) atoms. The summed E-state index contributed by atoms with van der Waals surface area (Å²) in [5, 5.41) is 20.6. The van der Waals surface area contributed by atoms with Gasteiger partial charge in [0.05, 0.1) is 0 Å². The van der Waals surface area contributed by atoms with E-state index in [0.717, 1.165) is 9.75 Å². The topological polar surface area (TPSA) is 99.5 Å². The summed E-state index contributed by atoms with van der Waals surface area (Å²) in [6.45, 7) is 0.211. The van der Waals surface area contributed by atoms with E-state index >= 15 is 0 Å². The molecule has 0 unspecified atom stereocenters. The van der Waals surface area contributed by atoms with Gasteiger partial charge in [-0.1, -0.05) is 0 Å². The SMILES string of the molecule is CNC(=O)c1cc(C(=O)O)cc(CC2=[CH][In]([CH2]CO)[CH]=C2)n1. The van der Waals surface area contributed by atoms with Crippen LogP contribution in [0.4, 0.5) is 0 Å². The van der Waals surface area contributed by atoms with E-state index in [9.17, 15) is 9.59 Å². The summed E-state index contributed by atoms with van der Waals surface area (Å²) in [6, 6.07) is 2.77. The van der Waals surface area contributed by atoms with Crippen molar-refractivity contribution in [1.82, 2.24) is 10.3 Å². The van der Waals surface area contributed by atoms with Crippen molar-refractivity contribution in [3.05, 3.63) is 48.4 Å². The number of carbonyl (C=O) groups excluding carboxylic acids is 1. The third-order valence-corrected chi connectivity index (χ3v) is 10.5. The second-order valence-electron chi connectivity index (χ2n) is 5.07. The van der Waals surface area contributed by atoms with Crippen LogP contribution in [0.25, 0.3) is 0 Å². The van der Waals surface area contributed by atoms with E-state index in [1.807, 2.05) is 6.08 Å². The molecule has 1 aromatic rings. The molecule has 0 radical (unpaired) electrons. The number of amides is 1. The van der Waals surface area contributed by atoms with Crippen molar-refractivity contribution in [2.24, 2.45) is 0 Å². The fraction of sp³-hybridized carbons (Fsp3) is 0.267. The minimum absolute atomic E-state index is 0.0570. The molecule has 2 heterocycles. The number of aliphatic hydroxyl groups excluding tert-OH is 1. The molecule has 0 aliphatic carbocycles. The number of aromatic carboxylic acids is 1. The number of carbonyl (C=O) groups is 2. The van der Waals surface area contributed by atoms with Crippen molar-refractivity contribution in [3.8, 4) is 0 Å². The maximum absolute atomic E-state index is 11.7. The summed E-state index contributed by atoms with van der Waals surface area (Å²) in [7, 11) is 1.48. The third kappa shape index (κ3) is 4.20. The summed E-state index contributed by atoms with van der Waals surface area (Å²) >= 11 is -1.86. The number of nitrogens with zero attached hydrogens (tertiary/aromatic N) is 1. The van der Waals surface area contributed by atoms with Crippen LogP contribution in [-0.4, -0.2) is 62.2 Å². The van der Waals surface area contributed by atoms with Gasteiger partial charge in [-0.05, 0) is 0 Å². The molecule has 1 aliphatic rings. The molecule has 0 atom stereocenters. The average Bonchev–Trinajstić information content (AvgIpc) is 2.93. The molecule has 1 aliphatic heterocycles. The van der Waals surface area contributed by atoms with Gasteiger partial charge in [0.2, 0.25) is 0 Å². The number of nitrogens with one attached hydrogen (secondary N) is 1. The number of carboxylic acids is 1. The molecule has 3 N–H and O–H groups in total. The number of hydrogen-bond donors (Lipinski definition) is 3. The van der Waals surface area contributed by atoms with Crippen molar-refractivity contribution in [2.75, 3.05) is 13.7 Å². The van der Waals surface area contributed by atoms with E-state index in [2.05, 4.69) is 18.0 Å². The Morgan fingerprint density at radius 3 is 2.77 bits per heavy atom. The first-order valence-corrected chi connectivity index (χ1v) is 13.1. The van der Waals surface area contributed by atoms with Crippen LogP contribution in [0.15, 0.2) is 31.4 Å². The monoisotopic (exact) mass is 404 g/mol. The molecule has 2 rings (SSSR count). The van der Waals surface area contributed by atoms with Gasteiger partial charge in [-0.3, -0.25) is 0 Å². The molecule has 0 saturated carbocycles. The standard InChI is InChI=1S/C13H12N2O3.C2H5O.In/c1-4-8(2)5-10-6-9(13(17)18)7-11(15-10)12(16)14-3;1-2-3;/h1-2,4,6-7H,5H2,3H3,(H,14,16)(H,17,18);3H,1-2H2;. The van der Waals surface area contributed by atoms with Crippen molar-refractivity contribution in [1.29, 1.82) is 0 Å². The predicted octanol–water partition coefficient (Wildman–Crippen LogP) is 0.744. The van der Waals surface area contributed by atoms with Crippen LogP contribution in [0, 0.1) is 0 Å². The van der Waals surface area contributed by atoms with Crippen molar-refractivity contribution in [3.63, 3.8) is 0 Å². The molecule has 0 spiro atoms. The Labute approximate surface area is 136 Å². The van der Waals surface area contributed by atoms with Crippen LogP contribution < -0.4 is 5.32 Å². The fourth-order valence-electron chi connectivity index (χ4n) is 2.34. The van der Waals surface area contributed by atoms with Crippen LogP contribution in [-0.2, 0) is 6.42 Å². The second kappa shape index (κ2) is 7.60. The van der Waals surface area contributed by atoms with Crippen LogP contribution in [0.5, 0.6) is 0 Å². The van der Waals surface area contributed by atoms with Crippen LogP contribution in [0.1, 0.15) is 26.5 Å². The summed E-state index contributed by atoms with van der Waals surface area (Å²) in [5.74, 6) is -1.49. The predicted molar refractivity (Wildman–Crippen MR) is 83.2 cm³/mol. The molecule has 0 fully saturated rings. The van der Waals surface area contributed by atoms with E-state index in [1.54, 1.807) is 0 Å². The van der Waals surface area contributed by atoms with E-state index in [0.29, 0.717) is 12.1 Å². The van der Waals surface area contributed by atoms with Crippen LogP contribution in [0.2, 0.25) is 4.18 Å². The van der Waals surface area contributed by atoms with Crippen molar-refractivity contribution in [2.45, 2.75) is 10.6 Å². The number of allylic oxidation sites excluding steroid dienone is 2. The van der Waals surface area contributed by atoms with E-state index in [1.165, 1.54) is 19.2 Å². The number of rotatable bonds is 6. The van der Waals surface area contributed by atoms with Crippen molar-refractivity contribution >= 4 is 33.3 Å². The zero-order valence-electron chi connectivity index (χ0n) is 12.2. The van der Waals surface area contributed by atoms with Gasteiger partial charge in [0.25, 0.3) is 0 Å². The molecular weight excluding hydrogens is 387 g/mol. The average molecular weight is 404 g/mol.